The van der Waals surface area contributed by atoms with E-state index in [1.165, 1.54) is 12.1 Å². The van der Waals surface area contributed by atoms with Crippen LogP contribution in [-0.4, -0.2) is 6.08 Å². The third kappa shape index (κ3) is 2.81. The van der Waals surface area contributed by atoms with E-state index in [0.29, 0.717) is 3.57 Å². The van der Waals surface area contributed by atoms with Crippen molar-refractivity contribution in [2.45, 2.75) is 6.18 Å². The summed E-state index contributed by atoms with van der Waals surface area (Å²) in [5.74, 6) is 0. The van der Waals surface area contributed by atoms with Crippen molar-refractivity contribution in [1.29, 1.82) is 0 Å². The molecule has 0 bridgehead atoms. The van der Waals surface area contributed by atoms with E-state index in [9.17, 15) is 18.0 Å². The Morgan fingerprint density at radius 3 is 2.43 bits per heavy atom. The number of alkyl halides is 3. The molecule has 0 amide bonds. The van der Waals surface area contributed by atoms with Crippen molar-refractivity contribution in [1.82, 2.24) is 0 Å². The molecule has 0 fully saturated rings. The largest absolute Gasteiger partial charge is 0.416 e. The number of halogens is 4. The van der Waals surface area contributed by atoms with E-state index in [-0.39, 0.29) is 5.69 Å². The van der Waals surface area contributed by atoms with E-state index in [2.05, 4.69) is 4.99 Å². The Hall–Kier alpha value is -0.880. The van der Waals surface area contributed by atoms with Crippen LogP contribution >= 0.6 is 22.6 Å². The minimum absolute atomic E-state index is 0.0424. The van der Waals surface area contributed by atoms with Crippen molar-refractivity contribution < 1.29 is 18.0 Å². The summed E-state index contributed by atoms with van der Waals surface area (Å²) < 4.78 is 37.1. The topological polar surface area (TPSA) is 29.4 Å². The summed E-state index contributed by atoms with van der Waals surface area (Å²) in [6.45, 7) is 0. The number of nitrogens with zero attached hydrogens (tertiary/aromatic N) is 1. The van der Waals surface area contributed by atoms with Crippen LogP contribution in [0.2, 0.25) is 0 Å². The highest BCUT2D eigenvalue weighted by molar-refractivity contribution is 14.1. The van der Waals surface area contributed by atoms with E-state index in [1.54, 1.807) is 22.6 Å². The van der Waals surface area contributed by atoms with E-state index in [1.807, 2.05) is 0 Å². The Bertz CT molecular complexity index is 396. The monoisotopic (exact) mass is 313 g/mol. The zero-order valence-electron chi connectivity index (χ0n) is 6.60. The van der Waals surface area contributed by atoms with Crippen LogP contribution in [0.4, 0.5) is 18.9 Å². The molecule has 0 heterocycles. The highest BCUT2D eigenvalue weighted by Crippen LogP contribution is 2.32. The van der Waals surface area contributed by atoms with Crippen LogP contribution < -0.4 is 0 Å². The SMILES string of the molecule is O=C=Nc1cc(I)cc(C(F)(F)F)c1. The maximum absolute atomic E-state index is 12.2. The number of aliphatic imine (C=N–C) groups is 1. The van der Waals surface area contributed by atoms with Gasteiger partial charge in [-0.1, -0.05) is 0 Å². The molecule has 0 spiro atoms. The summed E-state index contributed by atoms with van der Waals surface area (Å²) in [6, 6.07) is 3.14. The number of rotatable bonds is 1. The van der Waals surface area contributed by atoms with Gasteiger partial charge in [-0.2, -0.15) is 18.2 Å². The second-order valence-corrected chi connectivity index (χ2v) is 3.64. The van der Waals surface area contributed by atoms with Crippen molar-refractivity contribution in [2.24, 2.45) is 4.99 Å². The van der Waals surface area contributed by atoms with Gasteiger partial charge in [0.15, 0.2) is 0 Å². The lowest BCUT2D eigenvalue weighted by molar-refractivity contribution is -0.137. The standard InChI is InChI=1S/C8H3F3INO/c9-8(10,11)5-1-6(12)3-7(2-5)13-4-14/h1-3H. The van der Waals surface area contributed by atoms with Crippen molar-refractivity contribution in [3.63, 3.8) is 0 Å². The van der Waals surface area contributed by atoms with Gasteiger partial charge in [-0.15, -0.1) is 0 Å². The molecule has 1 aromatic rings. The molecule has 0 saturated carbocycles. The summed E-state index contributed by atoms with van der Waals surface area (Å²) in [6.07, 6.45) is -3.23. The molecule has 0 aromatic heterocycles. The summed E-state index contributed by atoms with van der Waals surface area (Å²) >= 11 is 1.72. The second-order valence-electron chi connectivity index (χ2n) is 2.40. The van der Waals surface area contributed by atoms with Crippen LogP contribution in [0, 0.1) is 3.57 Å². The number of carbonyl (C=O) groups excluding carboxylic acids is 1. The highest BCUT2D eigenvalue weighted by Gasteiger charge is 2.31. The van der Waals surface area contributed by atoms with Gasteiger partial charge in [-0.3, -0.25) is 0 Å². The van der Waals surface area contributed by atoms with Crippen molar-refractivity contribution >= 4 is 34.4 Å². The molecule has 2 nitrogen and oxygen atoms in total. The molecule has 0 saturated heterocycles. The Labute approximate surface area is 91.0 Å². The molecule has 0 atom stereocenters. The number of benzene rings is 1. The minimum atomic E-state index is -4.42. The average molecular weight is 313 g/mol. The van der Waals surface area contributed by atoms with Crippen molar-refractivity contribution in [3.8, 4) is 0 Å². The molecule has 74 valence electrons. The van der Waals surface area contributed by atoms with Crippen LogP contribution in [0.15, 0.2) is 23.2 Å². The summed E-state index contributed by atoms with van der Waals surface area (Å²) in [7, 11) is 0. The van der Waals surface area contributed by atoms with Crippen molar-refractivity contribution in [3.05, 3.63) is 27.3 Å². The third-order valence-electron chi connectivity index (χ3n) is 1.38. The molecule has 1 aromatic carbocycles. The lowest BCUT2D eigenvalue weighted by Gasteiger charge is -2.07. The van der Waals surface area contributed by atoms with Crippen LogP contribution in [0.1, 0.15) is 5.56 Å². The Morgan fingerprint density at radius 2 is 1.93 bits per heavy atom. The van der Waals surface area contributed by atoms with Gasteiger partial charge in [0, 0.05) is 3.57 Å². The maximum atomic E-state index is 12.2. The Morgan fingerprint density at radius 1 is 1.29 bits per heavy atom. The zero-order chi connectivity index (χ0) is 10.8. The fourth-order valence-electron chi connectivity index (χ4n) is 0.855. The molecule has 0 unspecified atom stereocenters. The average Bonchev–Trinajstić information content (AvgIpc) is 2.02. The van der Waals surface area contributed by atoms with E-state index in [4.69, 9.17) is 0 Å². The zero-order valence-corrected chi connectivity index (χ0v) is 8.76. The van der Waals surface area contributed by atoms with Crippen LogP contribution in [0.25, 0.3) is 0 Å². The molecule has 1 rings (SSSR count). The van der Waals surface area contributed by atoms with Gasteiger partial charge in [0.25, 0.3) is 0 Å². The highest BCUT2D eigenvalue weighted by atomic mass is 127. The molecule has 0 aliphatic heterocycles. The van der Waals surface area contributed by atoms with Crippen LogP contribution in [0.3, 0.4) is 0 Å². The first-order chi connectivity index (χ1) is 6.43. The first-order valence-corrected chi connectivity index (χ1v) is 4.47. The molecular formula is C8H3F3INO. The Kier molecular flexibility index (Phi) is 3.28. The predicted octanol–water partition coefficient (Wildman–Crippen LogP) is 3.28. The predicted molar refractivity (Wildman–Crippen MR) is 51.9 cm³/mol. The maximum Gasteiger partial charge on any atom is 0.416 e. The fraction of sp³-hybridized carbons (Fsp3) is 0.125. The van der Waals surface area contributed by atoms with Gasteiger partial charge in [0.1, 0.15) is 0 Å². The number of isocyanates is 1. The molecule has 14 heavy (non-hydrogen) atoms. The molecule has 0 aliphatic carbocycles. The lowest BCUT2D eigenvalue weighted by Crippen LogP contribution is -2.04. The summed E-state index contributed by atoms with van der Waals surface area (Å²) in [4.78, 5) is 13.0. The second kappa shape index (κ2) is 4.10. The number of hydrogen-bond donors (Lipinski definition) is 0. The smallest absolute Gasteiger partial charge is 0.211 e. The first kappa shape index (κ1) is 11.2. The van der Waals surface area contributed by atoms with Crippen LogP contribution in [0.5, 0.6) is 0 Å². The van der Waals surface area contributed by atoms with Gasteiger partial charge in [-0.25, -0.2) is 4.79 Å². The van der Waals surface area contributed by atoms with Gasteiger partial charge in [-0.05, 0) is 40.8 Å². The van der Waals surface area contributed by atoms with Gasteiger partial charge in [0.05, 0.1) is 11.3 Å². The normalized spacial score (nSPS) is 10.9. The molecule has 0 N–H and O–H groups in total. The van der Waals surface area contributed by atoms with Crippen molar-refractivity contribution in [2.75, 3.05) is 0 Å². The van der Waals surface area contributed by atoms with E-state index in [0.717, 1.165) is 12.1 Å². The molecule has 6 heteroatoms. The summed E-state index contributed by atoms with van der Waals surface area (Å²) in [5, 5.41) is 0. The van der Waals surface area contributed by atoms with Gasteiger partial charge >= 0.3 is 6.18 Å². The van der Waals surface area contributed by atoms with Gasteiger partial charge < -0.3 is 0 Å². The quantitative estimate of drug-likeness (QED) is 0.444. The van der Waals surface area contributed by atoms with Gasteiger partial charge in [0.2, 0.25) is 6.08 Å². The Balaban J connectivity index is 3.27. The molecule has 0 aliphatic rings. The van der Waals surface area contributed by atoms with E-state index < -0.39 is 11.7 Å². The van der Waals surface area contributed by atoms with Crippen LogP contribution in [-0.2, 0) is 11.0 Å². The lowest BCUT2D eigenvalue weighted by atomic mass is 10.2. The third-order valence-corrected chi connectivity index (χ3v) is 2.01. The van der Waals surface area contributed by atoms with E-state index >= 15 is 0 Å². The number of hydrogen-bond acceptors (Lipinski definition) is 2. The summed E-state index contributed by atoms with van der Waals surface area (Å²) in [5.41, 5.74) is -0.863. The fourth-order valence-corrected chi connectivity index (χ4v) is 1.51. The molecule has 0 radical (unpaired) electrons. The first-order valence-electron chi connectivity index (χ1n) is 3.39. The molecular weight excluding hydrogens is 310 g/mol. The minimum Gasteiger partial charge on any atom is -0.211 e.